The predicted octanol–water partition coefficient (Wildman–Crippen LogP) is 7.89. The summed E-state index contributed by atoms with van der Waals surface area (Å²) in [4.78, 5) is 0. The van der Waals surface area contributed by atoms with Crippen LogP contribution in [0.15, 0.2) is 54.6 Å². The molecule has 0 fully saturated rings. The summed E-state index contributed by atoms with van der Waals surface area (Å²) < 4.78 is 11.7. The van der Waals surface area contributed by atoms with Gasteiger partial charge in [0.25, 0.3) is 0 Å². The average Bonchev–Trinajstić information content (AvgIpc) is 2.70. The summed E-state index contributed by atoms with van der Waals surface area (Å²) in [6, 6.07) is 16.6. The van der Waals surface area contributed by atoms with Crippen LogP contribution in [0, 0.1) is 0 Å². The Morgan fingerprint density at radius 3 is 2.31 bits per heavy atom. The molecule has 0 amide bonds. The summed E-state index contributed by atoms with van der Waals surface area (Å²) in [6.07, 6.45) is 0. The van der Waals surface area contributed by atoms with Gasteiger partial charge in [-0.1, -0.05) is 64.6 Å². The number of nitrogens with one attached hydrogen (secondary N) is 1. The second kappa shape index (κ2) is 10.3. The molecule has 0 aliphatic heterocycles. The van der Waals surface area contributed by atoms with Gasteiger partial charge in [-0.15, -0.1) is 0 Å². The van der Waals surface area contributed by atoms with E-state index in [9.17, 15) is 0 Å². The van der Waals surface area contributed by atoms with Gasteiger partial charge in [-0.3, -0.25) is 0 Å². The molecule has 152 valence electrons. The number of benzene rings is 3. The van der Waals surface area contributed by atoms with Gasteiger partial charge in [-0.05, 0) is 48.9 Å². The molecule has 0 aromatic heterocycles. The largest absolute Gasteiger partial charge is 0.490 e. The number of ether oxygens (including phenoxy) is 2. The maximum absolute atomic E-state index is 6.50. The lowest BCUT2D eigenvalue weighted by Crippen LogP contribution is -2.04. The first kappa shape index (κ1) is 21.9. The molecule has 0 heterocycles. The molecule has 0 saturated carbocycles. The Labute approximate surface area is 190 Å². The summed E-state index contributed by atoms with van der Waals surface area (Å²) in [7, 11) is 0. The zero-order chi connectivity index (χ0) is 20.8. The molecule has 0 aliphatic rings. The van der Waals surface area contributed by atoms with E-state index in [4.69, 9.17) is 55.9 Å². The van der Waals surface area contributed by atoms with Gasteiger partial charge in [0.05, 0.1) is 21.7 Å². The van der Waals surface area contributed by atoms with E-state index in [1.807, 2.05) is 49.4 Å². The molecule has 7 heteroatoms. The van der Waals surface area contributed by atoms with Crippen LogP contribution in [0.1, 0.15) is 18.1 Å². The Morgan fingerprint density at radius 1 is 0.793 bits per heavy atom. The van der Waals surface area contributed by atoms with Gasteiger partial charge in [-0.2, -0.15) is 0 Å². The minimum Gasteiger partial charge on any atom is -0.490 e. The van der Waals surface area contributed by atoms with E-state index in [1.165, 1.54) is 0 Å². The molecular formula is C22H19Cl4NO2. The van der Waals surface area contributed by atoms with Crippen LogP contribution in [0.4, 0.5) is 5.69 Å². The normalized spacial score (nSPS) is 10.7. The Balaban J connectivity index is 1.76. The predicted molar refractivity (Wildman–Crippen MR) is 122 cm³/mol. The van der Waals surface area contributed by atoms with Crippen LogP contribution in [0.5, 0.6) is 11.5 Å². The third-order valence-corrected chi connectivity index (χ3v) is 5.50. The van der Waals surface area contributed by atoms with Crippen molar-refractivity contribution in [2.45, 2.75) is 20.1 Å². The quantitative estimate of drug-likeness (QED) is 0.363. The lowest BCUT2D eigenvalue weighted by atomic mass is 10.2. The van der Waals surface area contributed by atoms with E-state index in [2.05, 4.69) is 5.32 Å². The van der Waals surface area contributed by atoms with Crippen molar-refractivity contribution in [1.82, 2.24) is 0 Å². The number of rotatable bonds is 8. The molecule has 0 radical (unpaired) electrons. The molecule has 0 saturated heterocycles. The zero-order valence-corrected chi connectivity index (χ0v) is 18.7. The molecular weight excluding hydrogens is 452 g/mol. The Hall–Kier alpha value is -1.78. The van der Waals surface area contributed by atoms with Gasteiger partial charge < -0.3 is 14.8 Å². The summed E-state index contributed by atoms with van der Waals surface area (Å²) in [5.74, 6) is 1.07. The van der Waals surface area contributed by atoms with Crippen molar-refractivity contribution in [2.75, 3.05) is 11.9 Å². The topological polar surface area (TPSA) is 30.5 Å². The van der Waals surface area contributed by atoms with Crippen LogP contribution in [-0.4, -0.2) is 6.61 Å². The molecule has 1 N–H and O–H groups in total. The summed E-state index contributed by atoms with van der Waals surface area (Å²) >= 11 is 24.7. The summed E-state index contributed by atoms with van der Waals surface area (Å²) in [5, 5.41) is 5.41. The lowest BCUT2D eigenvalue weighted by Gasteiger charge is -2.16. The van der Waals surface area contributed by atoms with Gasteiger partial charge in [0, 0.05) is 22.8 Å². The van der Waals surface area contributed by atoms with Crippen molar-refractivity contribution in [3.05, 3.63) is 85.8 Å². The Kier molecular flexibility index (Phi) is 7.79. The molecule has 3 aromatic rings. The maximum atomic E-state index is 6.50. The lowest BCUT2D eigenvalue weighted by molar-refractivity contribution is 0.269. The van der Waals surface area contributed by atoms with Crippen LogP contribution < -0.4 is 14.8 Å². The fourth-order valence-electron chi connectivity index (χ4n) is 2.70. The Bertz CT molecular complexity index is 995. The van der Waals surface area contributed by atoms with Crippen LogP contribution in [0.2, 0.25) is 20.1 Å². The molecule has 3 aromatic carbocycles. The van der Waals surface area contributed by atoms with Gasteiger partial charge in [0.1, 0.15) is 6.61 Å². The number of halogens is 4. The first-order valence-corrected chi connectivity index (χ1v) is 10.5. The van der Waals surface area contributed by atoms with E-state index in [1.54, 1.807) is 12.1 Å². The van der Waals surface area contributed by atoms with Crippen LogP contribution in [0.3, 0.4) is 0 Å². The molecule has 0 bridgehead atoms. The number of hydrogen-bond acceptors (Lipinski definition) is 3. The van der Waals surface area contributed by atoms with E-state index in [0.717, 1.165) is 16.8 Å². The highest BCUT2D eigenvalue weighted by molar-refractivity contribution is 6.42. The second-order valence-electron chi connectivity index (χ2n) is 6.20. The molecule has 3 nitrogen and oxygen atoms in total. The van der Waals surface area contributed by atoms with E-state index < -0.39 is 0 Å². The fraction of sp³-hybridized carbons (Fsp3) is 0.182. The standard InChI is InChI=1S/C22H19Cl4NO2/c1-2-28-21-10-14(12-27-16-7-8-18(24)19(25)11-16)9-20(26)22(21)29-13-15-5-3-4-6-17(15)23/h3-11,27H,2,12-13H2,1H3. The highest BCUT2D eigenvalue weighted by Gasteiger charge is 2.14. The monoisotopic (exact) mass is 469 g/mol. The SMILES string of the molecule is CCOc1cc(CNc2ccc(Cl)c(Cl)c2)cc(Cl)c1OCc1ccccc1Cl. The minimum atomic E-state index is 0.292. The fourth-order valence-corrected chi connectivity index (χ4v) is 3.48. The first-order valence-electron chi connectivity index (χ1n) is 8.98. The first-order chi connectivity index (χ1) is 14.0. The highest BCUT2D eigenvalue weighted by Crippen LogP contribution is 2.38. The van der Waals surface area contributed by atoms with Gasteiger partial charge in [0.2, 0.25) is 0 Å². The van der Waals surface area contributed by atoms with Gasteiger partial charge >= 0.3 is 0 Å². The molecule has 0 atom stereocenters. The van der Waals surface area contributed by atoms with Crippen molar-refractivity contribution in [3.63, 3.8) is 0 Å². The minimum absolute atomic E-state index is 0.292. The van der Waals surface area contributed by atoms with E-state index in [0.29, 0.717) is 51.3 Å². The molecule has 0 aliphatic carbocycles. The van der Waals surface area contributed by atoms with Gasteiger partial charge in [0.15, 0.2) is 11.5 Å². The molecule has 0 unspecified atom stereocenters. The highest BCUT2D eigenvalue weighted by atomic mass is 35.5. The van der Waals surface area contributed by atoms with Crippen molar-refractivity contribution < 1.29 is 9.47 Å². The summed E-state index contributed by atoms with van der Waals surface area (Å²) in [6.45, 7) is 3.22. The summed E-state index contributed by atoms with van der Waals surface area (Å²) in [5.41, 5.74) is 2.67. The smallest absolute Gasteiger partial charge is 0.180 e. The average molecular weight is 471 g/mol. The zero-order valence-electron chi connectivity index (χ0n) is 15.6. The van der Waals surface area contributed by atoms with Crippen molar-refractivity contribution in [2.24, 2.45) is 0 Å². The molecule has 3 rings (SSSR count). The van der Waals surface area contributed by atoms with E-state index in [-0.39, 0.29) is 0 Å². The van der Waals surface area contributed by atoms with Crippen LogP contribution in [0.25, 0.3) is 0 Å². The third kappa shape index (κ3) is 5.86. The molecule has 29 heavy (non-hydrogen) atoms. The third-order valence-electron chi connectivity index (χ3n) is 4.12. The van der Waals surface area contributed by atoms with Crippen molar-refractivity contribution in [3.8, 4) is 11.5 Å². The Morgan fingerprint density at radius 2 is 1.59 bits per heavy atom. The number of hydrogen-bond donors (Lipinski definition) is 1. The van der Waals surface area contributed by atoms with Crippen molar-refractivity contribution >= 4 is 52.1 Å². The van der Waals surface area contributed by atoms with Crippen LogP contribution in [-0.2, 0) is 13.2 Å². The van der Waals surface area contributed by atoms with Crippen molar-refractivity contribution in [1.29, 1.82) is 0 Å². The van der Waals surface area contributed by atoms with Crippen LogP contribution >= 0.6 is 46.4 Å². The maximum Gasteiger partial charge on any atom is 0.180 e. The second-order valence-corrected chi connectivity index (χ2v) is 7.83. The van der Waals surface area contributed by atoms with Gasteiger partial charge in [-0.25, -0.2) is 0 Å². The number of anilines is 1. The molecule has 0 spiro atoms. The van der Waals surface area contributed by atoms with E-state index >= 15 is 0 Å².